The second-order valence-electron chi connectivity index (χ2n) is 5.47. The molecule has 6 heteroatoms. The molecule has 2 aromatic carbocycles. The van der Waals surface area contributed by atoms with Gasteiger partial charge in [0.2, 0.25) is 5.69 Å². The Kier molecular flexibility index (Phi) is 4.37. The summed E-state index contributed by atoms with van der Waals surface area (Å²) in [6.07, 6.45) is 2.79. The van der Waals surface area contributed by atoms with E-state index in [1.54, 1.807) is 39.0 Å². The first-order chi connectivity index (χ1) is 11.6. The molecule has 0 atom stereocenters. The van der Waals surface area contributed by atoms with Crippen molar-refractivity contribution in [1.29, 1.82) is 0 Å². The molecule has 0 unspecified atom stereocenters. The average molecular weight is 326 g/mol. The first-order valence-corrected chi connectivity index (χ1v) is 7.56. The minimum absolute atomic E-state index is 0.101. The van der Waals surface area contributed by atoms with E-state index in [9.17, 15) is 10.1 Å². The van der Waals surface area contributed by atoms with Crippen molar-refractivity contribution in [3.8, 4) is 11.5 Å². The molecule has 0 saturated heterocycles. The number of fused-ring (bicyclic) bond motifs is 1. The Balaban J connectivity index is 1.93. The third-order valence-electron chi connectivity index (χ3n) is 4.03. The molecule has 0 bridgehead atoms. The van der Waals surface area contributed by atoms with Crippen LogP contribution in [-0.4, -0.2) is 36.5 Å². The molecule has 0 N–H and O–H groups in total. The Morgan fingerprint density at radius 1 is 1.17 bits per heavy atom. The van der Waals surface area contributed by atoms with Crippen LogP contribution in [0.2, 0.25) is 0 Å². The van der Waals surface area contributed by atoms with Crippen LogP contribution in [0.5, 0.6) is 11.5 Å². The van der Waals surface area contributed by atoms with E-state index in [1.807, 2.05) is 22.9 Å². The summed E-state index contributed by atoms with van der Waals surface area (Å²) in [6.45, 7) is 2.55. The van der Waals surface area contributed by atoms with E-state index in [-0.39, 0.29) is 10.6 Å². The fraction of sp³-hybridized carbons (Fsp3) is 0.222. The van der Waals surface area contributed by atoms with E-state index in [2.05, 4.69) is 0 Å². The Hall–Kier alpha value is -3.02. The highest BCUT2D eigenvalue weighted by atomic mass is 16.6. The van der Waals surface area contributed by atoms with Gasteiger partial charge in [-0.1, -0.05) is 6.07 Å². The summed E-state index contributed by atoms with van der Waals surface area (Å²) in [5.41, 5.74) is 2.88. The van der Waals surface area contributed by atoms with Crippen molar-refractivity contribution in [2.45, 2.75) is 6.42 Å². The van der Waals surface area contributed by atoms with E-state index in [1.165, 1.54) is 11.6 Å². The molecule has 0 spiro atoms. The molecule has 24 heavy (non-hydrogen) atoms. The van der Waals surface area contributed by atoms with Crippen LogP contribution in [0.15, 0.2) is 36.4 Å². The Morgan fingerprint density at radius 3 is 2.58 bits per heavy atom. The van der Waals surface area contributed by atoms with Crippen molar-refractivity contribution in [3.63, 3.8) is 0 Å². The number of methoxy groups -OCH3 is 2. The first kappa shape index (κ1) is 15.9. The van der Waals surface area contributed by atoms with Gasteiger partial charge in [-0.15, -0.1) is 12.1 Å². The summed E-state index contributed by atoms with van der Waals surface area (Å²) in [5.74, 6) is 1.38. The summed E-state index contributed by atoms with van der Waals surface area (Å²) < 4.78 is 12.6. The molecule has 1 aliphatic rings. The summed E-state index contributed by atoms with van der Waals surface area (Å²) >= 11 is 0. The lowest BCUT2D eigenvalue weighted by atomic mass is 10.0. The van der Waals surface area contributed by atoms with Crippen molar-refractivity contribution < 1.29 is 19.0 Å². The van der Waals surface area contributed by atoms with Crippen LogP contribution >= 0.6 is 0 Å². The highest BCUT2D eigenvalue weighted by Crippen LogP contribution is 2.31. The minimum atomic E-state index is -0.363. The standard InChI is InChI=1S/C18H18N2O4/c1-23-17-9-13-7-8-19(12-15(13)10-18(17)24-2)11-14-5-3-4-6-16(14)20(21)22/h3-6,9-12H,7-8H2,1-2H3. The number of rotatable bonds is 5. The molecule has 0 saturated carbocycles. The van der Waals surface area contributed by atoms with E-state index in [4.69, 9.17) is 9.47 Å². The van der Waals surface area contributed by atoms with Gasteiger partial charge in [-0.3, -0.25) is 14.7 Å². The van der Waals surface area contributed by atoms with Crippen LogP contribution < -0.4 is 9.47 Å². The van der Waals surface area contributed by atoms with Crippen LogP contribution in [0.3, 0.4) is 0 Å². The quantitative estimate of drug-likeness (QED) is 0.367. The monoisotopic (exact) mass is 326 g/mol. The zero-order valence-electron chi connectivity index (χ0n) is 13.6. The third-order valence-corrected chi connectivity index (χ3v) is 4.03. The van der Waals surface area contributed by atoms with Crippen LogP contribution in [0.4, 0.5) is 5.69 Å². The van der Waals surface area contributed by atoms with E-state index >= 15 is 0 Å². The van der Waals surface area contributed by atoms with Crippen molar-refractivity contribution in [2.75, 3.05) is 20.8 Å². The number of hydrogen-bond acceptors (Lipinski definition) is 4. The Morgan fingerprint density at radius 2 is 1.88 bits per heavy atom. The second-order valence-corrected chi connectivity index (χ2v) is 5.47. The summed E-state index contributed by atoms with van der Waals surface area (Å²) in [4.78, 5) is 10.8. The SMILES string of the molecule is COc1cc2c(cc1OC)CC[N+]([CH-]c1ccccc1[N+](=O)[O-])=C2. The van der Waals surface area contributed by atoms with Crippen LogP contribution in [0.1, 0.15) is 16.7 Å². The molecule has 124 valence electrons. The molecule has 0 amide bonds. The van der Waals surface area contributed by atoms with Crippen molar-refractivity contribution in [1.82, 2.24) is 0 Å². The van der Waals surface area contributed by atoms with Gasteiger partial charge in [-0.25, -0.2) is 0 Å². The lowest BCUT2D eigenvalue weighted by Crippen LogP contribution is -2.21. The number of nitro benzene ring substituents is 1. The lowest BCUT2D eigenvalue weighted by Gasteiger charge is -2.18. The van der Waals surface area contributed by atoms with Gasteiger partial charge < -0.3 is 9.47 Å². The van der Waals surface area contributed by atoms with Gasteiger partial charge in [0.25, 0.3) is 0 Å². The van der Waals surface area contributed by atoms with E-state index < -0.39 is 0 Å². The van der Waals surface area contributed by atoms with Crippen molar-refractivity contribution in [3.05, 3.63) is 69.7 Å². The van der Waals surface area contributed by atoms with Gasteiger partial charge in [-0.2, -0.15) is 0 Å². The van der Waals surface area contributed by atoms with Crippen LogP contribution in [-0.2, 0) is 6.42 Å². The van der Waals surface area contributed by atoms with Gasteiger partial charge >= 0.3 is 0 Å². The van der Waals surface area contributed by atoms with Crippen molar-refractivity contribution >= 4 is 11.9 Å². The lowest BCUT2D eigenvalue weighted by molar-refractivity contribution is -0.479. The van der Waals surface area contributed by atoms with Crippen LogP contribution in [0.25, 0.3) is 0 Å². The minimum Gasteiger partial charge on any atom is -0.493 e. The van der Waals surface area contributed by atoms with Gasteiger partial charge in [-0.05, 0) is 29.3 Å². The molecule has 1 aliphatic heterocycles. The molecule has 1 heterocycles. The maximum atomic E-state index is 11.1. The molecule has 0 fully saturated rings. The first-order valence-electron chi connectivity index (χ1n) is 7.56. The van der Waals surface area contributed by atoms with Gasteiger partial charge in [0, 0.05) is 16.9 Å². The number of nitro groups is 1. The maximum absolute atomic E-state index is 11.1. The third kappa shape index (κ3) is 3.03. The molecule has 0 aliphatic carbocycles. The van der Waals surface area contributed by atoms with Gasteiger partial charge in [0.1, 0.15) is 12.8 Å². The zero-order valence-corrected chi connectivity index (χ0v) is 13.6. The molecule has 0 radical (unpaired) electrons. The van der Waals surface area contributed by atoms with Crippen molar-refractivity contribution in [2.24, 2.45) is 0 Å². The molecular weight excluding hydrogens is 308 g/mol. The average Bonchev–Trinajstić information content (AvgIpc) is 2.60. The zero-order chi connectivity index (χ0) is 17.1. The van der Waals surface area contributed by atoms with Gasteiger partial charge in [0.15, 0.2) is 11.5 Å². The van der Waals surface area contributed by atoms with Crippen LogP contribution in [0, 0.1) is 16.7 Å². The Bertz CT molecular complexity index is 815. The topological polar surface area (TPSA) is 64.6 Å². The maximum Gasteiger partial charge on any atom is 0.203 e. The van der Waals surface area contributed by atoms with Gasteiger partial charge in [0.05, 0.1) is 20.8 Å². The fourth-order valence-corrected chi connectivity index (χ4v) is 2.81. The normalized spacial score (nSPS) is 12.8. The summed E-state index contributed by atoms with van der Waals surface area (Å²) in [7, 11) is 3.22. The fourth-order valence-electron chi connectivity index (χ4n) is 2.81. The number of ether oxygens (including phenoxy) is 2. The van der Waals surface area contributed by atoms with E-state index in [0.717, 1.165) is 18.5 Å². The molecular formula is C18H18N2O4. The second kappa shape index (κ2) is 6.62. The highest BCUT2D eigenvalue weighted by molar-refractivity contribution is 5.81. The Labute approximate surface area is 140 Å². The number of hydrogen-bond donors (Lipinski definition) is 0. The molecule has 0 aromatic heterocycles. The molecule has 2 aromatic rings. The van der Waals surface area contributed by atoms with E-state index in [0.29, 0.717) is 17.1 Å². The summed E-state index contributed by atoms with van der Waals surface area (Å²) in [5, 5.41) is 11.1. The summed E-state index contributed by atoms with van der Waals surface area (Å²) in [6, 6.07) is 10.6. The number of benzene rings is 2. The predicted octanol–water partition coefficient (Wildman–Crippen LogP) is 2.81. The number of nitrogens with zero attached hydrogens (tertiary/aromatic N) is 2. The highest BCUT2D eigenvalue weighted by Gasteiger charge is 2.18. The smallest absolute Gasteiger partial charge is 0.203 e. The largest absolute Gasteiger partial charge is 0.493 e. The molecule has 6 nitrogen and oxygen atoms in total. The number of para-hydroxylation sites is 1. The molecule has 3 rings (SSSR count). The predicted molar refractivity (Wildman–Crippen MR) is 90.0 cm³/mol.